The van der Waals surface area contributed by atoms with E-state index in [0.29, 0.717) is 0 Å². The van der Waals surface area contributed by atoms with E-state index in [-0.39, 0.29) is 22.8 Å². The van der Waals surface area contributed by atoms with E-state index in [2.05, 4.69) is 15.3 Å². The molecule has 1 aliphatic rings. The first kappa shape index (κ1) is 15.0. The molecule has 3 rings (SSSR count). The van der Waals surface area contributed by atoms with Crippen LogP contribution in [0.4, 0.5) is 23.4 Å². The van der Waals surface area contributed by atoms with Crippen molar-refractivity contribution in [1.29, 1.82) is 0 Å². The smallest absolute Gasteiger partial charge is 0.367 e. The number of alkyl halides is 3. The molecule has 2 aromatic rings. The number of aromatic nitrogens is 2. The third kappa shape index (κ3) is 2.98. The second kappa shape index (κ2) is 5.70. The van der Waals surface area contributed by atoms with Crippen molar-refractivity contribution < 1.29 is 17.6 Å². The Morgan fingerprint density at radius 1 is 1.05 bits per heavy atom. The number of fused-ring (bicyclic) bond motifs is 1. The maximum absolute atomic E-state index is 13.8. The van der Waals surface area contributed by atoms with Crippen LogP contribution in [-0.2, 0) is 6.18 Å². The molecule has 1 N–H and O–H groups in total. The minimum atomic E-state index is -4.71. The highest BCUT2D eigenvalue weighted by Crippen LogP contribution is 2.32. The molecule has 0 spiro atoms. The van der Waals surface area contributed by atoms with Gasteiger partial charge in [-0.15, -0.1) is 0 Å². The Balaban J connectivity index is 2.07. The second-order valence-corrected chi connectivity index (χ2v) is 5.51. The first-order chi connectivity index (χ1) is 10.4. The van der Waals surface area contributed by atoms with Crippen LogP contribution in [0, 0.1) is 5.82 Å². The topological polar surface area (TPSA) is 37.8 Å². The number of hydrogen-bond acceptors (Lipinski definition) is 3. The predicted molar refractivity (Wildman–Crippen MR) is 75.0 cm³/mol. The zero-order chi connectivity index (χ0) is 15.7. The predicted octanol–water partition coefficient (Wildman–Crippen LogP) is 4.53. The fraction of sp³-hybridized carbons (Fsp3) is 0.467. The number of halogens is 4. The highest BCUT2D eigenvalue weighted by molar-refractivity contribution is 5.89. The lowest BCUT2D eigenvalue weighted by molar-refractivity contribution is -0.144. The van der Waals surface area contributed by atoms with Gasteiger partial charge in [-0.1, -0.05) is 25.3 Å². The van der Waals surface area contributed by atoms with Crippen molar-refractivity contribution in [3.8, 4) is 0 Å². The molecule has 1 saturated carbocycles. The van der Waals surface area contributed by atoms with Gasteiger partial charge in [0, 0.05) is 11.4 Å². The summed E-state index contributed by atoms with van der Waals surface area (Å²) in [7, 11) is 0. The van der Waals surface area contributed by atoms with Gasteiger partial charge in [0.1, 0.15) is 17.2 Å². The van der Waals surface area contributed by atoms with Gasteiger partial charge in [0.2, 0.25) is 5.82 Å². The molecule has 1 aromatic heterocycles. The summed E-state index contributed by atoms with van der Waals surface area (Å²) in [6, 6.07) is 4.14. The molecule has 1 aliphatic carbocycles. The summed E-state index contributed by atoms with van der Waals surface area (Å²) < 4.78 is 52.6. The lowest BCUT2D eigenvalue weighted by atomic mass is 9.95. The number of para-hydroxylation sites is 1. The van der Waals surface area contributed by atoms with E-state index in [1.807, 2.05) is 0 Å². The number of benzene rings is 1. The quantitative estimate of drug-likeness (QED) is 0.828. The van der Waals surface area contributed by atoms with Gasteiger partial charge in [-0.2, -0.15) is 13.2 Å². The Hall–Kier alpha value is -1.92. The Morgan fingerprint density at radius 3 is 2.45 bits per heavy atom. The Kier molecular flexibility index (Phi) is 3.88. The van der Waals surface area contributed by atoms with Crippen molar-refractivity contribution in [1.82, 2.24) is 9.97 Å². The number of hydrogen-bond donors (Lipinski definition) is 1. The molecule has 0 radical (unpaired) electrons. The molecule has 7 heteroatoms. The minimum absolute atomic E-state index is 0.0590. The zero-order valence-electron chi connectivity index (χ0n) is 11.8. The Bertz CT molecular complexity index is 678. The van der Waals surface area contributed by atoms with Crippen LogP contribution >= 0.6 is 0 Å². The number of nitrogens with one attached hydrogen (secondary N) is 1. The maximum atomic E-state index is 13.8. The lowest BCUT2D eigenvalue weighted by Crippen LogP contribution is -2.24. The third-order valence-corrected chi connectivity index (χ3v) is 3.88. The van der Waals surface area contributed by atoms with E-state index in [4.69, 9.17) is 0 Å². The van der Waals surface area contributed by atoms with Crippen molar-refractivity contribution in [3.63, 3.8) is 0 Å². The molecule has 118 valence electrons. The van der Waals surface area contributed by atoms with E-state index in [1.54, 1.807) is 0 Å². The maximum Gasteiger partial charge on any atom is 0.451 e. The highest BCUT2D eigenvalue weighted by atomic mass is 19.4. The van der Waals surface area contributed by atoms with Gasteiger partial charge >= 0.3 is 6.18 Å². The van der Waals surface area contributed by atoms with Gasteiger partial charge < -0.3 is 5.32 Å². The van der Waals surface area contributed by atoms with Crippen LogP contribution in [-0.4, -0.2) is 16.0 Å². The van der Waals surface area contributed by atoms with E-state index < -0.39 is 17.8 Å². The summed E-state index contributed by atoms with van der Waals surface area (Å²) in [5, 5.41) is 3.32. The fourth-order valence-corrected chi connectivity index (χ4v) is 2.79. The summed E-state index contributed by atoms with van der Waals surface area (Å²) in [5.41, 5.74) is -0.303. The molecule has 0 saturated heterocycles. The first-order valence-electron chi connectivity index (χ1n) is 7.25. The molecule has 0 amide bonds. The van der Waals surface area contributed by atoms with E-state index in [1.165, 1.54) is 12.1 Å². The van der Waals surface area contributed by atoms with Gasteiger partial charge in [-0.3, -0.25) is 0 Å². The van der Waals surface area contributed by atoms with Gasteiger partial charge in [0.05, 0.1) is 0 Å². The number of rotatable bonds is 2. The molecular formula is C15H15F4N3. The third-order valence-electron chi connectivity index (χ3n) is 3.88. The molecule has 1 aromatic carbocycles. The number of nitrogens with zero attached hydrogens (tertiary/aromatic N) is 2. The van der Waals surface area contributed by atoms with Crippen molar-refractivity contribution in [2.24, 2.45) is 0 Å². The molecule has 0 unspecified atom stereocenters. The van der Waals surface area contributed by atoms with Crippen LogP contribution in [0.25, 0.3) is 10.9 Å². The van der Waals surface area contributed by atoms with Crippen LogP contribution in [0.2, 0.25) is 0 Å². The van der Waals surface area contributed by atoms with Crippen molar-refractivity contribution in [3.05, 3.63) is 29.8 Å². The van der Waals surface area contributed by atoms with Gasteiger partial charge in [0.15, 0.2) is 0 Å². The Morgan fingerprint density at radius 2 is 1.77 bits per heavy atom. The van der Waals surface area contributed by atoms with Gasteiger partial charge in [-0.25, -0.2) is 14.4 Å². The summed E-state index contributed by atoms with van der Waals surface area (Å²) in [5.74, 6) is -2.04. The molecule has 0 atom stereocenters. The second-order valence-electron chi connectivity index (χ2n) is 5.51. The molecule has 22 heavy (non-hydrogen) atoms. The van der Waals surface area contributed by atoms with Crippen LogP contribution in [0.1, 0.15) is 37.9 Å². The molecule has 3 nitrogen and oxygen atoms in total. The van der Waals surface area contributed by atoms with Crippen LogP contribution < -0.4 is 5.32 Å². The zero-order valence-corrected chi connectivity index (χ0v) is 11.8. The SMILES string of the molecule is Fc1cccc2c(NC3CCCCC3)nc(C(F)(F)F)nc12. The summed E-state index contributed by atoms with van der Waals surface area (Å²) >= 11 is 0. The Labute approximate surface area is 124 Å². The lowest BCUT2D eigenvalue weighted by Gasteiger charge is -2.24. The normalized spacial score (nSPS) is 16.9. The van der Waals surface area contributed by atoms with Gasteiger partial charge in [0.25, 0.3) is 0 Å². The molecule has 1 fully saturated rings. The average Bonchev–Trinajstić information content (AvgIpc) is 2.48. The molecule has 0 bridgehead atoms. The highest BCUT2D eigenvalue weighted by Gasteiger charge is 2.36. The van der Waals surface area contributed by atoms with E-state index in [9.17, 15) is 17.6 Å². The van der Waals surface area contributed by atoms with Crippen molar-refractivity contribution in [2.45, 2.75) is 44.3 Å². The fourth-order valence-electron chi connectivity index (χ4n) is 2.79. The summed E-state index contributed by atoms with van der Waals surface area (Å²) in [6.45, 7) is 0. The minimum Gasteiger partial charge on any atom is -0.367 e. The molecule has 0 aliphatic heterocycles. The van der Waals surface area contributed by atoms with E-state index in [0.717, 1.165) is 38.2 Å². The average molecular weight is 313 g/mol. The molecule has 1 heterocycles. The monoisotopic (exact) mass is 313 g/mol. The van der Waals surface area contributed by atoms with Crippen LogP contribution in [0.15, 0.2) is 18.2 Å². The standard InChI is InChI=1S/C15H15F4N3/c16-11-8-4-7-10-12(11)21-14(15(17,18)19)22-13(10)20-9-5-2-1-3-6-9/h4,7-9H,1-3,5-6H2,(H,20,21,22). The summed E-state index contributed by atoms with van der Waals surface area (Å²) in [4.78, 5) is 6.94. The van der Waals surface area contributed by atoms with Crippen LogP contribution in [0.5, 0.6) is 0 Å². The first-order valence-corrected chi connectivity index (χ1v) is 7.25. The molecular weight excluding hydrogens is 298 g/mol. The van der Waals surface area contributed by atoms with Crippen molar-refractivity contribution in [2.75, 3.05) is 5.32 Å². The number of anilines is 1. The van der Waals surface area contributed by atoms with Gasteiger partial charge in [-0.05, 0) is 25.0 Å². The van der Waals surface area contributed by atoms with Crippen molar-refractivity contribution >= 4 is 16.7 Å². The largest absolute Gasteiger partial charge is 0.451 e. The van der Waals surface area contributed by atoms with Crippen LogP contribution in [0.3, 0.4) is 0 Å². The summed E-state index contributed by atoms with van der Waals surface area (Å²) in [6.07, 6.45) is 0.233. The van der Waals surface area contributed by atoms with E-state index >= 15 is 0 Å².